The number of ether oxygens (including phenoxy) is 3. The van der Waals surface area contributed by atoms with Crippen molar-refractivity contribution in [1.82, 2.24) is 14.8 Å². The number of anilines is 1. The zero-order valence-corrected chi connectivity index (χ0v) is 17.0. The molecule has 1 aromatic heterocycles. The van der Waals surface area contributed by atoms with Crippen LogP contribution in [0.25, 0.3) is 5.70 Å². The summed E-state index contributed by atoms with van der Waals surface area (Å²) in [5.41, 5.74) is 2.57. The highest BCUT2D eigenvalue weighted by Gasteiger charge is 2.37. The highest BCUT2D eigenvalue weighted by atomic mass is 16.5. The van der Waals surface area contributed by atoms with E-state index in [2.05, 4.69) is 15.4 Å². The monoisotopic (exact) mass is 406 g/mol. The maximum Gasteiger partial charge on any atom is 0.338 e. The Morgan fingerprint density at radius 2 is 1.93 bits per heavy atom. The Morgan fingerprint density at radius 3 is 2.63 bits per heavy atom. The van der Waals surface area contributed by atoms with E-state index in [1.54, 1.807) is 38.0 Å². The van der Waals surface area contributed by atoms with Crippen LogP contribution in [0, 0.1) is 0 Å². The largest absolute Gasteiger partial charge is 0.497 e. The summed E-state index contributed by atoms with van der Waals surface area (Å²) in [5.74, 6) is 1.30. The minimum absolute atomic E-state index is 0.247. The van der Waals surface area contributed by atoms with Crippen LogP contribution in [0.2, 0.25) is 0 Å². The highest BCUT2D eigenvalue weighted by molar-refractivity contribution is 6.02. The summed E-state index contributed by atoms with van der Waals surface area (Å²) in [6.07, 6.45) is 1.44. The van der Waals surface area contributed by atoms with Crippen LogP contribution in [0.3, 0.4) is 0 Å². The Balaban J connectivity index is 2.01. The number of methoxy groups -OCH3 is 2. The maximum absolute atomic E-state index is 13.2. The van der Waals surface area contributed by atoms with E-state index in [1.165, 1.54) is 6.33 Å². The molecule has 30 heavy (non-hydrogen) atoms. The second-order valence-electron chi connectivity index (χ2n) is 6.54. The van der Waals surface area contributed by atoms with Crippen molar-refractivity contribution in [3.8, 4) is 11.5 Å². The Hall–Kier alpha value is -3.81. The number of esters is 1. The molecule has 0 saturated heterocycles. The molecule has 0 saturated carbocycles. The van der Waals surface area contributed by atoms with E-state index in [4.69, 9.17) is 14.2 Å². The summed E-state index contributed by atoms with van der Waals surface area (Å²) in [6.45, 7) is 2.02. The van der Waals surface area contributed by atoms with Crippen LogP contribution in [-0.2, 0) is 9.53 Å². The van der Waals surface area contributed by atoms with Gasteiger partial charge in [0.25, 0.3) is 0 Å². The second kappa shape index (κ2) is 8.28. The van der Waals surface area contributed by atoms with Crippen molar-refractivity contribution in [3.05, 3.63) is 71.6 Å². The van der Waals surface area contributed by atoms with Gasteiger partial charge in [0.05, 0.1) is 32.1 Å². The van der Waals surface area contributed by atoms with Gasteiger partial charge >= 0.3 is 5.97 Å². The number of aromatic nitrogens is 3. The third-order valence-electron chi connectivity index (χ3n) is 4.89. The first-order valence-corrected chi connectivity index (χ1v) is 9.53. The Labute approximate surface area is 174 Å². The van der Waals surface area contributed by atoms with Gasteiger partial charge in [-0.3, -0.25) is 0 Å². The second-order valence-corrected chi connectivity index (χ2v) is 6.54. The summed E-state index contributed by atoms with van der Waals surface area (Å²) in [6, 6.07) is 14.4. The topological polar surface area (TPSA) is 87.5 Å². The molecule has 1 aliphatic rings. The third kappa shape index (κ3) is 3.36. The van der Waals surface area contributed by atoms with Gasteiger partial charge < -0.3 is 19.5 Å². The molecule has 8 nitrogen and oxygen atoms in total. The standard InChI is InChI=1S/C22H22N4O4/c1-4-30-21(27)18-19(14-8-6-5-7-9-14)25-22-23-13-24-26(22)20(18)16-12-15(28-2)10-11-17(16)29-3/h5-13,20H,4H2,1-3H3,(H,23,24,25)/t20-/m1/s1. The minimum Gasteiger partial charge on any atom is -0.497 e. The zero-order chi connectivity index (χ0) is 21.1. The molecule has 8 heteroatoms. The van der Waals surface area contributed by atoms with Crippen LogP contribution in [0.15, 0.2) is 60.4 Å². The number of hydrogen-bond donors (Lipinski definition) is 1. The molecule has 154 valence electrons. The first kappa shape index (κ1) is 19.5. The molecule has 2 aromatic carbocycles. The van der Waals surface area contributed by atoms with Gasteiger partial charge in [-0.25, -0.2) is 9.48 Å². The van der Waals surface area contributed by atoms with Crippen molar-refractivity contribution >= 4 is 17.6 Å². The van der Waals surface area contributed by atoms with Crippen molar-refractivity contribution in [2.75, 3.05) is 26.1 Å². The van der Waals surface area contributed by atoms with Crippen molar-refractivity contribution in [2.45, 2.75) is 13.0 Å². The lowest BCUT2D eigenvalue weighted by Crippen LogP contribution is -2.30. The first-order chi connectivity index (χ1) is 14.7. The summed E-state index contributed by atoms with van der Waals surface area (Å²) in [7, 11) is 3.17. The Kier molecular flexibility index (Phi) is 5.38. The van der Waals surface area contributed by atoms with Gasteiger partial charge in [0.1, 0.15) is 23.9 Å². The van der Waals surface area contributed by atoms with E-state index in [-0.39, 0.29) is 6.61 Å². The Morgan fingerprint density at radius 1 is 1.13 bits per heavy atom. The molecule has 0 amide bonds. The molecular formula is C22H22N4O4. The average Bonchev–Trinajstić information content (AvgIpc) is 3.26. The Bertz CT molecular complexity index is 1090. The van der Waals surface area contributed by atoms with E-state index >= 15 is 0 Å². The van der Waals surface area contributed by atoms with E-state index in [0.29, 0.717) is 34.3 Å². The highest BCUT2D eigenvalue weighted by Crippen LogP contribution is 2.42. The summed E-state index contributed by atoms with van der Waals surface area (Å²) in [5, 5.41) is 7.62. The molecule has 0 spiro atoms. The van der Waals surface area contributed by atoms with E-state index in [0.717, 1.165) is 5.56 Å². The van der Waals surface area contributed by atoms with Gasteiger partial charge in [0.15, 0.2) is 0 Å². The molecule has 2 heterocycles. The van der Waals surface area contributed by atoms with Crippen LogP contribution in [0.5, 0.6) is 11.5 Å². The predicted molar refractivity (Wildman–Crippen MR) is 111 cm³/mol. The maximum atomic E-state index is 13.2. The molecule has 0 radical (unpaired) electrons. The molecule has 1 atom stereocenters. The van der Waals surface area contributed by atoms with Crippen LogP contribution >= 0.6 is 0 Å². The fraction of sp³-hybridized carbons (Fsp3) is 0.227. The number of benzene rings is 2. The van der Waals surface area contributed by atoms with Crippen molar-refractivity contribution in [1.29, 1.82) is 0 Å². The van der Waals surface area contributed by atoms with Gasteiger partial charge in [-0.05, 0) is 30.7 Å². The molecule has 1 aliphatic heterocycles. The first-order valence-electron chi connectivity index (χ1n) is 9.53. The number of rotatable bonds is 6. The SMILES string of the molecule is CCOC(=O)C1=C(c2ccccc2)Nc2ncnn2[C@@H]1c1cc(OC)ccc1OC. The number of nitrogens with one attached hydrogen (secondary N) is 1. The lowest BCUT2D eigenvalue weighted by Gasteiger charge is -2.30. The fourth-order valence-corrected chi connectivity index (χ4v) is 3.56. The van der Waals surface area contributed by atoms with Gasteiger partial charge in [0, 0.05) is 5.56 Å². The lowest BCUT2D eigenvalue weighted by molar-refractivity contribution is -0.138. The van der Waals surface area contributed by atoms with E-state index in [1.807, 2.05) is 36.4 Å². The molecule has 0 fully saturated rings. The van der Waals surface area contributed by atoms with E-state index < -0.39 is 12.0 Å². The summed E-state index contributed by atoms with van der Waals surface area (Å²) >= 11 is 0. The fourth-order valence-electron chi connectivity index (χ4n) is 3.56. The third-order valence-corrected chi connectivity index (χ3v) is 4.89. The molecule has 0 unspecified atom stereocenters. The quantitative estimate of drug-likeness (QED) is 0.629. The van der Waals surface area contributed by atoms with Gasteiger partial charge in [-0.1, -0.05) is 30.3 Å². The van der Waals surface area contributed by atoms with Crippen molar-refractivity contribution in [3.63, 3.8) is 0 Å². The number of carbonyl (C=O) groups is 1. The summed E-state index contributed by atoms with van der Waals surface area (Å²) in [4.78, 5) is 17.5. The average molecular weight is 406 g/mol. The van der Waals surface area contributed by atoms with Crippen molar-refractivity contribution in [2.24, 2.45) is 0 Å². The zero-order valence-electron chi connectivity index (χ0n) is 17.0. The van der Waals surface area contributed by atoms with Crippen LogP contribution < -0.4 is 14.8 Å². The number of carbonyl (C=O) groups excluding carboxylic acids is 1. The smallest absolute Gasteiger partial charge is 0.338 e. The molecular weight excluding hydrogens is 384 g/mol. The van der Waals surface area contributed by atoms with Gasteiger partial charge in [-0.15, -0.1) is 0 Å². The number of nitrogens with zero attached hydrogens (tertiary/aromatic N) is 3. The van der Waals surface area contributed by atoms with Crippen LogP contribution in [0.1, 0.15) is 24.1 Å². The lowest BCUT2D eigenvalue weighted by atomic mass is 9.92. The van der Waals surface area contributed by atoms with Gasteiger partial charge in [0.2, 0.25) is 5.95 Å². The van der Waals surface area contributed by atoms with Crippen molar-refractivity contribution < 1.29 is 19.0 Å². The molecule has 0 bridgehead atoms. The molecule has 1 N–H and O–H groups in total. The minimum atomic E-state index is -0.622. The molecule has 4 rings (SSSR count). The molecule has 3 aromatic rings. The summed E-state index contributed by atoms with van der Waals surface area (Å²) < 4.78 is 18.1. The number of fused-ring (bicyclic) bond motifs is 1. The van der Waals surface area contributed by atoms with Crippen LogP contribution in [-0.4, -0.2) is 41.6 Å². The van der Waals surface area contributed by atoms with E-state index in [9.17, 15) is 4.79 Å². The predicted octanol–water partition coefficient (Wildman–Crippen LogP) is 3.28. The molecule has 0 aliphatic carbocycles. The normalized spacial score (nSPS) is 15.2. The van der Waals surface area contributed by atoms with Gasteiger partial charge in [-0.2, -0.15) is 10.1 Å². The number of hydrogen-bond acceptors (Lipinski definition) is 7. The van der Waals surface area contributed by atoms with Crippen LogP contribution in [0.4, 0.5) is 5.95 Å².